The lowest BCUT2D eigenvalue weighted by Gasteiger charge is -2.07. The first kappa shape index (κ1) is 17.2. The molecule has 0 radical (unpaired) electrons. The lowest BCUT2D eigenvalue weighted by atomic mass is 9.99. The molecule has 1 aromatic carbocycles. The van der Waals surface area contributed by atoms with Gasteiger partial charge in [0.2, 0.25) is 5.91 Å². The van der Waals surface area contributed by atoms with Crippen molar-refractivity contribution in [1.82, 2.24) is 9.55 Å². The molecule has 130 valence electrons. The predicted octanol–water partition coefficient (Wildman–Crippen LogP) is 2.42. The molecule has 6 nitrogen and oxygen atoms in total. The van der Waals surface area contributed by atoms with Crippen LogP contribution in [0.25, 0.3) is 21.3 Å². The first-order chi connectivity index (χ1) is 11.9. The number of benzene rings is 1. The Balaban J connectivity index is 2.14. The number of amides is 1. The molecule has 3 N–H and O–H groups in total. The second-order valence-corrected chi connectivity index (χ2v) is 7.11. The number of primary amides is 1. The highest BCUT2D eigenvalue weighted by atomic mass is 32.1. The molecule has 0 aliphatic heterocycles. The molecule has 0 fully saturated rings. The van der Waals surface area contributed by atoms with Crippen LogP contribution in [0, 0.1) is 0 Å². The molecule has 0 unspecified atom stereocenters. The summed E-state index contributed by atoms with van der Waals surface area (Å²) < 4.78 is 1.03. The highest BCUT2D eigenvalue weighted by Crippen LogP contribution is 2.31. The van der Waals surface area contributed by atoms with E-state index in [-0.39, 0.29) is 13.0 Å². The molecule has 0 aliphatic rings. The Bertz CT molecular complexity index is 1040. The number of thiophene rings is 1. The van der Waals surface area contributed by atoms with Gasteiger partial charge in [0.25, 0.3) is 5.56 Å². The smallest absolute Gasteiger partial charge is 0.329 e. The Morgan fingerprint density at radius 2 is 1.92 bits per heavy atom. The summed E-state index contributed by atoms with van der Waals surface area (Å²) in [5.74, 6) is -0.128. The van der Waals surface area contributed by atoms with Crippen LogP contribution in [-0.4, -0.2) is 15.5 Å². The summed E-state index contributed by atoms with van der Waals surface area (Å²) in [5, 5.41) is 2.33. The summed E-state index contributed by atoms with van der Waals surface area (Å²) in [5.41, 5.74) is 7.12. The van der Waals surface area contributed by atoms with Crippen molar-refractivity contribution in [3.63, 3.8) is 0 Å². The highest BCUT2D eigenvalue weighted by molar-refractivity contribution is 7.17. The molecule has 3 aromatic rings. The van der Waals surface area contributed by atoms with Crippen molar-refractivity contribution >= 4 is 27.5 Å². The number of nitrogens with two attached hydrogens (primary N) is 1. The van der Waals surface area contributed by atoms with E-state index < -0.39 is 17.2 Å². The number of rotatable bonds is 5. The fourth-order valence-electron chi connectivity index (χ4n) is 2.74. The van der Waals surface area contributed by atoms with Gasteiger partial charge >= 0.3 is 5.69 Å². The zero-order valence-corrected chi connectivity index (χ0v) is 14.9. The average molecular weight is 357 g/mol. The van der Waals surface area contributed by atoms with Gasteiger partial charge in [-0.15, -0.1) is 11.3 Å². The summed E-state index contributed by atoms with van der Waals surface area (Å²) in [6.45, 7) is 4.22. The first-order valence-electron chi connectivity index (χ1n) is 8.01. The molecular formula is C18H19N3O3S. The fraction of sp³-hybridized carbons (Fsp3) is 0.278. The van der Waals surface area contributed by atoms with Crippen LogP contribution in [0.5, 0.6) is 0 Å². The van der Waals surface area contributed by atoms with Crippen LogP contribution in [-0.2, 0) is 11.3 Å². The molecule has 0 saturated carbocycles. The standard InChI is InChI=1S/C18H19N3O3S/c1-10(2)11-3-5-12(6-4-11)13-9-25-16-15(13)17(23)21(18(24)20-16)8-7-14(19)22/h3-6,9-10H,7-8H2,1-2H3,(H2,19,22)(H,20,24). The Hall–Kier alpha value is -2.67. The van der Waals surface area contributed by atoms with Gasteiger partial charge in [0.15, 0.2) is 0 Å². The van der Waals surface area contributed by atoms with Crippen LogP contribution < -0.4 is 17.0 Å². The van der Waals surface area contributed by atoms with Crippen LogP contribution in [0.3, 0.4) is 0 Å². The van der Waals surface area contributed by atoms with E-state index in [1.807, 2.05) is 29.6 Å². The SMILES string of the molecule is CC(C)c1ccc(-c2csc3[nH]c(=O)n(CCC(N)=O)c(=O)c23)cc1. The Morgan fingerprint density at radius 3 is 2.52 bits per heavy atom. The number of hydrogen-bond donors (Lipinski definition) is 2. The lowest BCUT2D eigenvalue weighted by molar-refractivity contribution is -0.118. The molecule has 0 atom stereocenters. The van der Waals surface area contributed by atoms with Crippen molar-refractivity contribution in [2.24, 2.45) is 5.73 Å². The number of carbonyl (C=O) groups excluding carboxylic acids is 1. The maximum atomic E-state index is 12.8. The van der Waals surface area contributed by atoms with E-state index in [1.165, 1.54) is 16.9 Å². The number of hydrogen-bond acceptors (Lipinski definition) is 4. The van der Waals surface area contributed by atoms with Gasteiger partial charge in [-0.05, 0) is 17.0 Å². The van der Waals surface area contributed by atoms with Crippen molar-refractivity contribution in [2.75, 3.05) is 0 Å². The quantitative estimate of drug-likeness (QED) is 0.733. The maximum Gasteiger partial charge on any atom is 0.329 e. The topological polar surface area (TPSA) is 97.9 Å². The third-order valence-electron chi connectivity index (χ3n) is 4.19. The van der Waals surface area contributed by atoms with Gasteiger partial charge in [0, 0.05) is 23.9 Å². The maximum absolute atomic E-state index is 12.8. The molecule has 0 saturated heterocycles. The number of fused-ring (bicyclic) bond motifs is 1. The number of nitrogens with one attached hydrogen (secondary N) is 1. The molecule has 1 amide bonds. The van der Waals surface area contributed by atoms with E-state index in [1.54, 1.807) is 0 Å². The van der Waals surface area contributed by atoms with Crippen molar-refractivity contribution in [3.05, 3.63) is 56.0 Å². The molecule has 7 heteroatoms. The molecule has 0 bridgehead atoms. The Morgan fingerprint density at radius 1 is 1.24 bits per heavy atom. The van der Waals surface area contributed by atoms with E-state index in [0.717, 1.165) is 15.7 Å². The minimum absolute atomic E-state index is 0.0268. The van der Waals surface area contributed by atoms with E-state index in [4.69, 9.17) is 5.73 Å². The van der Waals surface area contributed by atoms with Crippen molar-refractivity contribution in [3.8, 4) is 11.1 Å². The molecule has 0 spiro atoms. The van der Waals surface area contributed by atoms with Gasteiger partial charge in [0.05, 0.1) is 5.39 Å². The van der Waals surface area contributed by atoms with E-state index in [0.29, 0.717) is 16.1 Å². The monoisotopic (exact) mass is 357 g/mol. The summed E-state index contributed by atoms with van der Waals surface area (Å²) in [6, 6.07) is 8.05. The molecular weight excluding hydrogens is 338 g/mol. The summed E-state index contributed by atoms with van der Waals surface area (Å²) in [7, 11) is 0. The van der Waals surface area contributed by atoms with Crippen LogP contribution in [0.4, 0.5) is 0 Å². The number of nitrogens with zero attached hydrogens (tertiary/aromatic N) is 1. The Labute approximate surface area is 147 Å². The van der Waals surface area contributed by atoms with Crippen LogP contribution >= 0.6 is 11.3 Å². The Kier molecular flexibility index (Phi) is 4.59. The first-order valence-corrected chi connectivity index (χ1v) is 8.89. The van der Waals surface area contributed by atoms with E-state index in [9.17, 15) is 14.4 Å². The van der Waals surface area contributed by atoms with Crippen LogP contribution in [0.15, 0.2) is 39.2 Å². The third-order valence-corrected chi connectivity index (χ3v) is 5.08. The number of carbonyl (C=O) groups is 1. The molecule has 0 aliphatic carbocycles. The minimum Gasteiger partial charge on any atom is -0.370 e. The summed E-state index contributed by atoms with van der Waals surface area (Å²) in [4.78, 5) is 39.1. The van der Waals surface area contributed by atoms with Crippen molar-refractivity contribution < 1.29 is 4.79 Å². The average Bonchev–Trinajstić information content (AvgIpc) is 2.98. The van der Waals surface area contributed by atoms with Gasteiger partial charge in [0.1, 0.15) is 4.83 Å². The molecule has 2 heterocycles. The van der Waals surface area contributed by atoms with Gasteiger partial charge < -0.3 is 5.73 Å². The van der Waals surface area contributed by atoms with Gasteiger partial charge in [-0.25, -0.2) is 4.79 Å². The zero-order chi connectivity index (χ0) is 18.1. The largest absolute Gasteiger partial charge is 0.370 e. The van der Waals surface area contributed by atoms with Gasteiger partial charge in [-0.3, -0.25) is 19.1 Å². The lowest BCUT2D eigenvalue weighted by Crippen LogP contribution is -2.36. The zero-order valence-electron chi connectivity index (χ0n) is 14.0. The predicted molar refractivity (Wildman–Crippen MR) is 100 cm³/mol. The van der Waals surface area contributed by atoms with Gasteiger partial charge in [-0.2, -0.15) is 0 Å². The highest BCUT2D eigenvalue weighted by Gasteiger charge is 2.15. The molecule has 25 heavy (non-hydrogen) atoms. The van der Waals surface area contributed by atoms with Gasteiger partial charge in [-0.1, -0.05) is 38.1 Å². The summed E-state index contributed by atoms with van der Waals surface area (Å²) >= 11 is 1.32. The number of aromatic amines is 1. The molecule has 2 aromatic heterocycles. The fourth-order valence-corrected chi connectivity index (χ4v) is 3.69. The normalized spacial score (nSPS) is 11.3. The minimum atomic E-state index is -0.554. The second-order valence-electron chi connectivity index (χ2n) is 6.23. The van der Waals surface area contributed by atoms with Crippen LogP contribution in [0.2, 0.25) is 0 Å². The van der Waals surface area contributed by atoms with E-state index >= 15 is 0 Å². The van der Waals surface area contributed by atoms with Crippen molar-refractivity contribution in [1.29, 1.82) is 0 Å². The second kappa shape index (κ2) is 6.68. The van der Waals surface area contributed by atoms with Crippen LogP contribution in [0.1, 0.15) is 31.7 Å². The number of aromatic nitrogens is 2. The van der Waals surface area contributed by atoms with E-state index in [2.05, 4.69) is 18.8 Å². The number of H-pyrrole nitrogens is 1. The van der Waals surface area contributed by atoms with Crippen molar-refractivity contribution in [2.45, 2.75) is 32.7 Å². The third kappa shape index (κ3) is 3.28. The summed E-state index contributed by atoms with van der Waals surface area (Å²) in [6.07, 6.45) is -0.0585. The molecule has 3 rings (SSSR count).